The normalized spacial score (nSPS) is 19.9. The van der Waals surface area contributed by atoms with Crippen LogP contribution in [0.15, 0.2) is 41.8 Å². The molecule has 8 nitrogen and oxygen atoms in total. The fraction of sp³-hybridized carbons (Fsp3) is 0.619. The van der Waals surface area contributed by atoms with Crippen molar-refractivity contribution >= 4 is 15.7 Å². The molecule has 0 saturated heterocycles. The van der Waals surface area contributed by atoms with Crippen LogP contribution < -0.4 is 0 Å². The number of hydrogen-bond donors (Lipinski definition) is 0. The number of hydrogen-bond acceptors (Lipinski definition) is 6. The molecule has 0 radical (unpaired) electrons. The van der Waals surface area contributed by atoms with E-state index < -0.39 is 14.9 Å². The number of ether oxygens (including phenoxy) is 1. The quantitative estimate of drug-likeness (QED) is 0.214. The highest BCUT2D eigenvalue weighted by atomic mass is 32.2. The third-order valence-electron chi connectivity index (χ3n) is 5.61. The first-order chi connectivity index (χ1) is 14.3. The predicted octanol–water partition coefficient (Wildman–Crippen LogP) is 3.44. The number of unbranched alkanes of at least 4 members (excludes halogenated alkanes) is 1. The fourth-order valence-electron chi connectivity index (χ4n) is 3.72. The summed E-state index contributed by atoms with van der Waals surface area (Å²) in [5.74, 6) is 0. The summed E-state index contributed by atoms with van der Waals surface area (Å²) in [6, 6.07) is 4.95. The van der Waals surface area contributed by atoms with E-state index in [9.17, 15) is 18.5 Å². The molecule has 1 saturated carbocycles. The molecule has 1 aromatic rings. The highest BCUT2D eigenvalue weighted by molar-refractivity contribution is 7.89. The highest BCUT2D eigenvalue weighted by Gasteiger charge is 2.32. The van der Waals surface area contributed by atoms with Gasteiger partial charge >= 0.3 is 0 Å². The second-order valence-corrected chi connectivity index (χ2v) is 9.83. The standard InChI is InChI=1S/C21H33N3O5S/c1-4-15-22(2)16-5-6-17-29-20-11-7-18(8-12-20)23(3)30(27,28)21-13-9-19(10-14-21)24(25)26/h4,9-10,13-14,18,20H,1,5-8,11-12,15-17H2,2-3H3. The molecule has 1 aliphatic rings. The molecule has 1 fully saturated rings. The van der Waals surface area contributed by atoms with Gasteiger partial charge < -0.3 is 9.64 Å². The van der Waals surface area contributed by atoms with E-state index in [1.165, 1.54) is 28.6 Å². The Hall–Kier alpha value is -1.81. The fourth-order valence-corrected chi connectivity index (χ4v) is 5.14. The second-order valence-electron chi connectivity index (χ2n) is 7.83. The largest absolute Gasteiger partial charge is 0.378 e. The summed E-state index contributed by atoms with van der Waals surface area (Å²) in [4.78, 5) is 12.5. The van der Waals surface area contributed by atoms with Crippen LogP contribution in [0.25, 0.3) is 0 Å². The van der Waals surface area contributed by atoms with Crippen LogP contribution in [0.3, 0.4) is 0 Å². The van der Waals surface area contributed by atoms with E-state index in [1.807, 2.05) is 6.08 Å². The molecule has 0 N–H and O–H groups in total. The van der Waals surface area contributed by atoms with Gasteiger partial charge in [0.15, 0.2) is 0 Å². The zero-order valence-corrected chi connectivity index (χ0v) is 18.7. The van der Waals surface area contributed by atoms with Crippen molar-refractivity contribution in [3.8, 4) is 0 Å². The number of nitrogens with zero attached hydrogens (tertiary/aromatic N) is 3. The SMILES string of the molecule is C=CCN(C)CCCCOC1CCC(N(C)S(=O)(=O)c2ccc([N+](=O)[O-])cc2)CC1. The van der Waals surface area contributed by atoms with E-state index in [1.54, 1.807) is 7.05 Å². The smallest absolute Gasteiger partial charge is 0.269 e. The molecule has 0 amide bonds. The molecule has 0 aromatic heterocycles. The number of benzene rings is 1. The average molecular weight is 440 g/mol. The van der Waals surface area contributed by atoms with Crippen molar-refractivity contribution < 1.29 is 18.1 Å². The van der Waals surface area contributed by atoms with Crippen LogP contribution >= 0.6 is 0 Å². The van der Waals surface area contributed by atoms with Gasteiger partial charge in [-0.3, -0.25) is 10.1 Å². The molecule has 9 heteroatoms. The van der Waals surface area contributed by atoms with Crippen molar-refractivity contribution in [1.29, 1.82) is 0 Å². The van der Waals surface area contributed by atoms with Crippen LogP contribution in [0.2, 0.25) is 0 Å². The van der Waals surface area contributed by atoms with Crippen molar-refractivity contribution in [3.63, 3.8) is 0 Å². The van der Waals surface area contributed by atoms with Crippen LogP contribution in [0.5, 0.6) is 0 Å². The number of nitro groups is 1. The number of sulfonamides is 1. The molecule has 2 rings (SSSR count). The van der Waals surface area contributed by atoms with Gasteiger partial charge in [-0.1, -0.05) is 6.08 Å². The Morgan fingerprint density at radius 1 is 1.17 bits per heavy atom. The molecule has 1 aliphatic carbocycles. The molecular weight excluding hydrogens is 406 g/mol. The van der Waals surface area contributed by atoms with Crippen molar-refractivity contribution in [2.24, 2.45) is 0 Å². The Morgan fingerprint density at radius 3 is 2.37 bits per heavy atom. The van der Waals surface area contributed by atoms with Crippen molar-refractivity contribution in [2.45, 2.75) is 55.6 Å². The van der Waals surface area contributed by atoms with Crippen molar-refractivity contribution in [1.82, 2.24) is 9.21 Å². The number of non-ortho nitro benzene ring substituents is 1. The molecule has 0 heterocycles. The van der Waals surface area contributed by atoms with Crippen LogP contribution in [0.4, 0.5) is 5.69 Å². The lowest BCUT2D eigenvalue weighted by atomic mass is 9.93. The highest BCUT2D eigenvalue weighted by Crippen LogP contribution is 2.29. The number of nitro benzene ring substituents is 1. The van der Waals surface area contributed by atoms with Crippen molar-refractivity contribution in [2.75, 3.05) is 33.8 Å². The third-order valence-corrected chi connectivity index (χ3v) is 7.54. The minimum Gasteiger partial charge on any atom is -0.378 e. The summed E-state index contributed by atoms with van der Waals surface area (Å²) in [6.07, 6.45) is 7.33. The average Bonchev–Trinajstić information content (AvgIpc) is 2.73. The Labute approximate surface area is 179 Å². The van der Waals surface area contributed by atoms with Crippen LogP contribution in [0, 0.1) is 10.1 Å². The summed E-state index contributed by atoms with van der Waals surface area (Å²) < 4.78 is 33.1. The Kier molecular flexibility index (Phi) is 9.41. The summed E-state index contributed by atoms with van der Waals surface area (Å²) >= 11 is 0. The van der Waals surface area contributed by atoms with Gasteiger partial charge in [-0.2, -0.15) is 4.31 Å². The Morgan fingerprint density at radius 2 is 1.80 bits per heavy atom. The van der Waals surface area contributed by atoms with Crippen LogP contribution in [-0.4, -0.2) is 68.5 Å². The summed E-state index contributed by atoms with van der Waals surface area (Å²) in [5.41, 5.74) is -0.124. The Balaban J connectivity index is 1.77. The molecule has 168 valence electrons. The molecule has 30 heavy (non-hydrogen) atoms. The first-order valence-corrected chi connectivity index (χ1v) is 11.8. The lowest BCUT2D eigenvalue weighted by molar-refractivity contribution is -0.384. The minimum absolute atomic E-state index is 0.0791. The Bertz CT molecular complexity index is 789. The lowest BCUT2D eigenvalue weighted by Crippen LogP contribution is -2.40. The number of likely N-dealkylation sites (N-methyl/N-ethyl adjacent to an activating group) is 1. The van der Waals surface area contributed by atoms with Gasteiger partial charge in [0, 0.05) is 38.4 Å². The van der Waals surface area contributed by atoms with Crippen molar-refractivity contribution in [3.05, 3.63) is 47.0 Å². The van der Waals surface area contributed by atoms with E-state index in [4.69, 9.17) is 4.74 Å². The summed E-state index contributed by atoms with van der Waals surface area (Å²) in [7, 11) is -0.0175. The maximum atomic E-state index is 12.9. The monoisotopic (exact) mass is 439 g/mol. The van der Waals surface area contributed by atoms with E-state index >= 15 is 0 Å². The molecular formula is C21H33N3O5S. The van der Waals surface area contributed by atoms with E-state index in [2.05, 4.69) is 18.5 Å². The van der Waals surface area contributed by atoms with Gasteiger partial charge in [0.05, 0.1) is 15.9 Å². The molecule has 0 aliphatic heterocycles. The van der Waals surface area contributed by atoms with Gasteiger partial charge in [-0.15, -0.1) is 6.58 Å². The first-order valence-electron chi connectivity index (χ1n) is 10.4. The zero-order valence-electron chi connectivity index (χ0n) is 17.9. The second kappa shape index (κ2) is 11.5. The number of rotatable bonds is 12. The van der Waals surface area contributed by atoms with Gasteiger partial charge in [-0.05, 0) is 64.3 Å². The lowest BCUT2D eigenvalue weighted by Gasteiger charge is -2.34. The van der Waals surface area contributed by atoms with Crippen LogP contribution in [-0.2, 0) is 14.8 Å². The predicted molar refractivity (Wildman–Crippen MR) is 117 cm³/mol. The van der Waals surface area contributed by atoms with Crippen LogP contribution in [0.1, 0.15) is 38.5 Å². The maximum Gasteiger partial charge on any atom is 0.269 e. The first kappa shape index (κ1) is 24.5. The topological polar surface area (TPSA) is 93.0 Å². The third kappa shape index (κ3) is 6.87. The summed E-state index contributed by atoms with van der Waals surface area (Å²) in [5, 5.41) is 10.8. The van der Waals surface area contributed by atoms with Gasteiger partial charge in [0.1, 0.15) is 0 Å². The van der Waals surface area contributed by atoms with Gasteiger partial charge in [-0.25, -0.2) is 8.42 Å². The van der Waals surface area contributed by atoms with E-state index in [0.29, 0.717) is 0 Å². The molecule has 0 spiro atoms. The van der Waals surface area contributed by atoms with Gasteiger partial charge in [0.2, 0.25) is 10.0 Å². The molecule has 0 unspecified atom stereocenters. The zero-order chi connectivity index (χ0) is 22.1. The molecule has 0 bridgehead atoms. The molecule has 0 atom stereocenters. The van der Waals surface area contributed by atoms with E-state index in [0.717, 1.165) is 58.2 Å². The minimum atomic E-state index is -3.68. The van der Waals surface area contributed by atoms with E-state index in [-0.39, 0.29) is 22.7 Å². The summed E-state index contributed by atoms with van der Waals surface area (Å²) in [6.45, 7) is 6.38. The molecule has 1 aromatic carbocycles. The van der Waals surface area contributed by atoms with Gasteiger partial charge in [0.25, 0.3) is 5.69 Å². The maximum absolute atomic E-state index is 12.9.